The minimum absolute atomic E-state index is 0.0348. The molecule has 8 atom stereocenters. The molecule has 1 aromatic rings. The molecule has 2 N–H and O–H groups in total. The number of hydrogen-bond donors (Lipinski definition) is 2. The highest BCUT2D eigenvalue weighted by Crippen LogP contribution is 2.76. The van der Waals surface area contributed by atoms with Gasteiger partial charge in [0.15, 0.2) is 5.78 Å². The Kier molecular flexibility index (Phi) is 6.52. The van der Waals surface area contributed by atoms with Crippen LogP contribution in [-0.4, -0.2) is 78.2 Å². The minimum atomic E-state index is -3.89. The van der Waals surface area contributed by atoms with Gasteiger partial charge in [-0.25, -0.2) is 12.8 Å². The second kappa shape index (κ2) is 9.51. The number of fused-ring (bicyclic) bond motifs is 2. The van der Waals surface area contributed by atoms with Crippen molar-refractivity contribution in [3.05, 3.63) is 42.2 Å². The van der Waals surface area contributed by atoms with Crippen LogP contribution in [-0.2, 0) is 33.9 Å². The van der Waals surface area contributed by atoms with Crippen LogP contribution in [0.15, 0.2) is 41.3 Å². The van der Waals surface area contributed by atoms with E-state index in [4.69, 9.17) is 9.47 Å². The molecular weight excluding hydrogens is 593 g/mol. The van der Waals surface area contributed by atoms with Crippen LogP contribution in [0.5, 0.6) is 0 Å². The summed E-state index contributed by atoms with van der Waals surface area (Å²) in [6, 6.07) is 4.55. The predicted molar refractivity (Wildman–Crippen MR) is 151 cm³/mol. The van der Waals surface area contributed by atoms with Gasteiger partial charge in [0, 0.05) is 31.3 Å². The topological polar surface area (TPSA) is 148 Å². The number of aliphatic hydroxyl groups excluding tert-OH is 1. The van der Waals surface area contributed by atoms with Gasteiger partial charge in [-0.3, -0.25) is 14.4 Å². The molecule has 0 amide bonds. The third-order valence-electron chi connectivity index (χ3n) is 12.1. The molecule has 2 spiro atoms. The Balaban J connectivity index is 1.18. The molecule has 0 radical (unpaired) electrons. The maximum atomic E-state index is 14.3. The Hall–Kier alpha value is -2.51. The minimum Gasteiger partial charge on any atom is -0.460 e. The lowest BCUT2D eigenvalue weighted by atomic mass is 9.36. The molecule has 12 heteroatoms. The van der Waals surface area contributed by atoms with E-state index in [1.54, 1.807) is 0 Å². The summed E-state index contributed by atoms with van der Waals surface area (Å²) < 4.78 is 53.0. The fourth-order valence-corrected chi connectivity index (χ4v) is 11.5. The molecule has 8 rings (SSSR count). The molecule has 4 saturated carbocycles. The van der Waals surface area contributed by atoms with Crippen LogP contribution in [0.25, 0.3) is 0 Å². The Labute approximate surface area is 255 Å². The fraction of sp³-hybridized carbons (Fsp3) is 0.656. The number of rotatable bonds is 4. The first-order valence-electron chi connectivity index (χ1n) is 15.4. The first kappa shape index (κ1) is 30.2. The Morgan fingerprint density at radius 3 is 2.43 bits per heavy atom. The highest BCUT2D eigenvalue weighted by molar-refractivity contribution is 7.89. The molecule has 4 aliphatic carbocycles. The largest absolute Gasteiger partial charge is 0.460 e. The van der Waals surface area contributed by atoms with E-state index in [1.807, 2.05) is 13.8 Å². The zero-order chi connectivity index (χ0) is 31.6. The highest BCUT2D eigenvalue weighted by Gasteiger charge is 2.88. The third kappa shape index (κ3) is 3.54. The van der Waals surface area contributed by atoms with Gasteiger partial charge < -0.3 is 19.7 Å². The molecule has 4 bridgehead atoms. The highest BCUT2D eigenvalue weighted by atomic mass is 32.2. The summed E-state index contributed by atoms with van der Waals surface area (Å²) in [4.78, 5) is 41.8. The van der Waals surface area contributed by atoms with Gasteiger partial charge in [-0.2, -0.15) is 4.31 Å². The summed E-state index contributed by atoms with van der Waals surface area (Å²) in [5, 5.41) is 24.2. The quantitative estimate of drug-likeness (QED) is 0.378. The second-order valence-corrected chi connectivity index (χ2v) is 16.2. The number of aliphatic hydroxyl groups is 2. The maximum Gasteiger partial charge on any atom is 0.309 e. The van der Waals surface area contributed by atoms with E-state index < -0.39 is 85.5 Å². The van der Waals surface area contributed by atoms with Crippen LogP contribution >= 0.6 is 0 Å². The average molecular weight is 632 g/mol. The number of esters is 1. The lowest BCUT2D eigenvalue weighted by molar-refractivity contribution is -0.437. The summed E-state index contributed by atoms with van der Waals surface area (Å²) in [5.74, 6) is -6.85. The van der Waals surface area contributed by atoms with Crippen LogP contribution in [0.1, 0.15) is 52.4 Å². The molecule has 238 valence electrons. The van der Waals surface area contributed by atoms with E-state index in [9.17, 15) is 37.4 Å². The zero-order valence-electron chi connectivity index (χ0n) is 24.8. The first-order chi connectivity index (χ1) is 20.6. The van der Waals surface area contributed by atoms with E-state index in [1.165, 1.54) is 16.4 Å². The van der Waals surface area contributed by atoms with Crippen molar-refractivity contribution in [3.8, 4) is 0 Å². The molecule has 0 unspecified atom stereocenters. The van der Waals surface area contributed by atoms with Crippen LogP contribution in [0.3, 0.4) is 0 Å². The number of carbonyl (C=O) groups excluding carboxylic acids is 3. The lowest BCUT2D eigenvalue weighted by Gasteiger charge is -2.73. The van der Waals surface area contributed by atoms with Crippen LogP contribution in [0, 0.1) is 45.7 Å². The molecule has 1 aromatic carbocycles. The van der Waals surface area contributed by atoms with Gasteiger partial charge in [0.1, 0.15) is 29.2 Å². The number of ether oxygens (including phenoxy) is 2. The molecule has 44 heavy (non-hydrogen) atoms. The van der Waals surface area contributed by atoms with Gasteiger partial charge >= 0.3 is 5.97 Å². The van der Waals surface area contributed by atoms with Crippen molar-refractivity contribution in [3.63, 3.8) is 0 Å². The van der Waals surface area contributed by atoms with Gasteiger partial charge in [0.25, 0.3) is 0 Å². The number of ketones is 2. The van der Waals surface area contributed by atoms with E-state index >= 15 is 0 Å². The normalized spacial score (nSPS) is 41.8. The van der Waals surface area contributed by atoms with Crippen molar-refractivity contribution in [1.29, 1.82) is 0 Å². The van der Waals surface area contributed by atoms with E-state index in [0.29, 0.717) is 19.3 Å². The van der Waals surface area contributed by atoms with Crippen molar-refractivity contribution < 1.29 is 46.9 Å². The summed E-state index contributed by atoms with van der Waals surface area (Å²) in [5.41, 5.74) is -3.43. The Morgan fingerprint density at radius 2 is 1.77 bits per heavy atom. The number of sulfonamides is 1. The van der Waals surface area contributed by atoms with Crippen molar-refractivity contribution in [2.45, 2.75) is 75.3 Å². The first-order valence-corrected chi connectivity index (χ1v) is 16.9. The summed E-state index contributed by atoms with van der Waals surface area (Å²) in [7, 11) is -3.89. The third-order valence-corrected chi connectivity index (χ3v) is 14.0. The number of carbonyl (C=O) groups is 3. The van der Waals surface area contributed by atoms with Crippen LogP contribution in [0.4, 0.5) is 4.39 Å². The molecule has 3 heterocycles. The summed E-state index contributed by atoms with van der Waals surface area (Å²) >= 11 is 0. The number of piperidine rings is 1. The number of nitrogens with zero attached hydrogens (tertiary/aromatic N) is 1. The number of halogens is 1. The van der Waals surface area contributed by atoms with Crippen molar-refractivity contribution in [1.82, 2.24) is 4.31 Å². The SMILES string of the molecule is C=C1C(=O)[C@]23[C@H](OC(=O)C4CCN(S(=O)(=O)c5ccc(F)cc5)CC4)[C@H]1CC[C@H]2[C@@]12CO[C@]3(O)[C@@H](O)[C@@H]1C(C)(C)CCC2=O. The summed E-state index contributed by atoms with van der Waals surface area (Å²) in [6.45, 7) is 7.90. The number of hydrogen-bond acceptors (Lipinski definition) is 9. The molecule has 7 aliphatic rings. The summed E-state index contributed by atoms with van der Waals surface area (Å²) in [6.07, 6.45) is -0.812. The number of benzene rings is 1. The van der Waals surface area contributed by atoms with Gasteiger partial charge in [-0.1, -0.05) is 20.4 Å². The Morgan fingerprint density at radius 1 is 1.11 bits per heavy atom. The molecule has 3 saturated heterocycles. The zero-order valence-corrected chi connectivity index (χ0v) is 25.6. The van der Waals surface area contributed by atoms with Crippen molar-refractivity contribution in [2.75, 3.05) is 19.7 Å². The molecule has 7 fully saturated rings. The molecule has 10 nitrogen and oxygen atoms in total. The lowest BCUT2D eigenvalue weighted by Crippen LogP contribution is -2.85. The number of Topliss-reactive ketones (excluding diaryl/α,β-unsaturated/α-hetero) is 2. The van der Waals surface area contributed by atoms with Crippen LogP contribution in [0.2, 0.25) is 0 Å². The average Bonchev–Trinajstić information content (AvgIpc) is 3.10. The maximum absolute atomic E-state index is 14.3. The van der Waals surface area contributed by atoms with Crippen molar-refractivity contribution >= 4 is 27.6 Å². The fourth-order valence-electron chi connectivity index (χ4n) is 10.1. The van der Waals surface area contributed by atoms with Gasteiger partial charge in [0.05, 0.1) is 22.8 Å². The standard InChI is InChI=1S/C32H38FNO9S/c1-17-21-8-9-22-30-16-42-32(39,26(37)24(30)29(2,3)13-10-23(30)35)31(22,25(17)36)27(21)43-28(38)18-11-14-34(15-12-18)44(40,41)20-6-4-19(33)5-7-20/h4-7,18,21-22,24,26-27,37,39H,1,8-16H2,2-3H3/t21-,22-,24+,26-,27+,30+,31-,32+/m0/s1. The molecule has 0 aromatic heterocycles. The molecule has 3 aliphatic heterocycles. The van der Waals surface area contributed by atoms with E-state index in [2.05, 4.69) is 6.58 Å². The van der Waals surface area contributed by atoms with E-state index in [0.717, 1.165) is 12.1 Å². The van der Waals surface area contributed by atoms with Gasteiger partial charge in [0.2, 0.25) is 15.8 Å². The predicted octanol–water partition coefficient (Wildman–Crippen LogP) is 2.37. The monoisotopic (exact) mass is 631 g/mol. The van der Waals surface area contributed by atoms with Crippen LogP contribution < -0.4 is 0 Å². The van der Waals surface area contributed by atoms with Gasteiger partial charge in [-0.05, 0) is 73.3 Å². The second-order valence-electron chi connectivity index (χ2n) is 14.3. The Bertz CT molecular complexity index is 1570. The van der Waals surface area contributed by atoms with Gasteiger partial charge in [-0.15, -0.1) is 0 Å². The van der Waals surface area contributed by atoms with Crippen molar-refractivity contribution in [2.24, 2.45) is 39.9 Å². The van der Waals surface area contributed by atoms with E-state index in [-0.39, 0.29) is 55.2 Å². The smallest absolute Gasteiger partial charge is 0.309 e. The molecular formula is C32H38FNO9S.